The molecule has 1 aliphatic heterocycles. The molecule has 5 nitrogen and oxygen atoms in total. The summed E-state index contributed by atoms with van der Waals surface area (Å²) in [6, 6.07) is 4.04. The Morgan fingerprint density at radius 2 is 2.00 bits per heavy atom. The highest BCUT2D eigenvalue weighted by Gasteiger charge is 2.37. The molecule has 1 spiro atoms. The molecule has 3 rings (SSSR count). The molecule has 0 aromatic carbocycles. The molecular weight excluding hydrogens is 302 g/mol. The Hall–Kier alpha value is -1.62. The predicted molar refractivity (Wildman–Crippen MR) is 94.1 cm³/mol. The van der Waals surface area contributed by atoms with Crippen LogP contribution < -0.4 is 10.1 Å². The first kappa shape index (κ1) is 17.2. The molecule has 1 saturated heterocycles. The van der Waals surface area contributed by atoms with E-state index in [0.29, 0.717) is 17.9 Å². The van der Waals surface area contributed by atoms with Crippen LogP contribution in [-0.4, -0.2) is 49.1 Å². The van der Waals surface area contributed by atoms with Crippen LogP contribution in [0, 0.1) is 5.41 Å². The molecular formula is C19H29N3O2. The lowest BCUT2D eigenvalue weighted by Crippen LogP contribution is -2.45. The van der Waals surface area contributed by atoms with E-state index >= 15 is 0 Å². The Morgan fingerprint density at radius 3 is 2.58 bits per heavy atom. The molecule has 1 amide bonds. The van der Waals surface area contributed by atoms with Gasteiger partial charge in [-0.1, -0.05) is 0 Å². The number of carbonyl (C=O) groups is 1. The van der Waals surface area contributed by atoms with Crippen molar-refractivity contribution in [3.63, 3.8) is 0 Å². The average Bonchev–Trinajstić information content (AvgIpc) is 2.60. The van der Waals surface area contributed by atoms with Crippen LogP contribution in [0.2, 0.25) is 0 Å². The van der Waals surface area contributed by atoms with Gasteiger partial charge in [-0.25, -0.2) is 0 Å². The number of nitrogens with one attached hydrogen (secondary N) is 1. The molecule has 1 aromatic rings. The van der Waals surface area contributed by atoms with Gasteiger partial charge in [0, 0.05) is 11.7 Å². The number of methoxy groups -OCH3 is 1. The highest BCUT2D eigenvalue weighted by Crippen LogP contribution is 2.44. The van der Waals surface area contributed by atoms with E-state index in [0.717, 1.165) is 24.3 Å². The summed E-state index contributed by atoms with van der Waals surface area (Å²) in [6.07, 6.45) is 9.39. The molecule has 132 valence electrons. The minimum atomic E-state index is 0.0806. The van der Waals surface area contributed by atoms with Crippen molar-refractivity contribution in [1.82, 2.24) is 15.2 Å². The van der Waals surface area contributed by atoms with Gasteiger partial charge in [-0.2, -0.15) is 0 Å². The van der Waals surface area contributed by atoms with E-state index in [1.807, 2.05) is 12.1 Å². The summed E-state index contributed by atoms with van der Waals surface area (Å²) >= 11 is 0. The summed E-state index contributed by atoms with van der Waals surface area (Å²) in [5, 5.41) is 3.21. The lowest BCUT2D eigenvalue weighted by atomic mass is 9.67. The smallest absolute Gasteiger partial charge is 0.226 e. The number of amides is 1. The lowest BCUT2D eigenvalue weighted by Gasteiger charge is -2.45. The highest BCUT2D eigenvalue weighted by molar-refractivity contribution is 5.78. The third kappa shape index (κ3) is 4.26. The Bertz CT molecular complexity index is 540. The zero-order chi connectivity index (χ0) is 17.0. The van der Waals surface area contributed by atoms with E-state index in [2.05, 4.69) is 22.2 Å². The highest BCUT2D eigenvalue weighted by atomic mass is 16.5. The fraction of sp³-hybridized carbons (Fsp3) is 0.684. The zero-order valence-electron chi connectivity index (χ0n) is 14.9. The third-order valence-corrected chi connectivity index (χ3v) is 5.83. The van der Waals surface area contributed by atoms with Crippen molar-refractivity contribution >= 4 is 5.91 Å². The first-order chi connectivity index (χ1) is 11.6. The fourth-order valence-electron chi connectivity index (χ4n) is 4.05. The van der Waals surface area contributed by atoms with Crippen molar-refractivity contribution in [1.29, 1.82) is 0 Å². The van der Waals surface area contributed by atoms with E-state index in [1.54, 1.807) is 13.3 Å². The summed E-state index contributed by atoms with van der Waals surface area (Å²) < 4.78 is 5.09. The monoisotopic (exact) mass is 331 g/mol. The predicted octanol–water partition coefficient (Wildman–Crippen LogP) is 2.40. The van der Waals surface area contributed by atoms with Gasteiger partial charge in [-0.3, -0.25) is 9.78 Å². The maximum absolute atomic E-state index is 12.3. The van der Waals surface area contributed by atoms with Gasteiger partial charge < -0.3 is 15.0 Å². The molecule has 5 heteroatoms. The van der Waals surface area contributed by atoms with Gasteiger partial charge >= 0.3 is 0 Å². The minimum absolute atomic E-state index is 0.0806. The van der Waals surface area contributed by atoms with Crippen LogP contribution in [0.3, 0.4) is 0 Å². The molecule has 2 aliphatic rings. The van der Waals surface area contributed by atoms with Crippen LogP contribution in [0.5, 0.6) is 5.75 Å². The SMILES string of the molecule is COc1ccc(CC(=O)NC2CCC3(CC2)CCN(C)CC3)nc1. The molecule has 2 fully saturated rings. The molecule has 0 radical (unpaired) electrons. The molecule has 1 N–H and O–H groups in total. The van der Waals surface area contributed by atoms with E-state index in [9.17, 15) is 4.79 Å². The molecule has 0 unspecified atom stereocenters. The number of rotatable bonds is 4. The maximum Gasteiger partial charge on any atom is 0.226 e. The number of ether oxygens (including phenoxy) is 1. The maximum atomic E-state index is 12.3. The number of hydrogen-bond acceptors (Lipinski definition) is 4. The molecule has 1 aromatic heterocycles. The number of hydrogen-bond donors (Lipinski definition) is 1. The van der Waals surface area contributed by atoms with E-state index in [1.165, 1.54) is 38.8 Å². The van der Waals surface area contributed by atoms with Crippen molar-refractivity contribution in [2.24, 2.45) is 5.41 Å². The summed E-state index contributed by atoms with van der Waals surface area (Å²) in [7, 11) is 3.83. The molecule has 0 atom stereocenters. The second-order valence-corrected chi connectivity index (χ2v) is 7.51. The summed E-state index contributed by atoms with van der Waals surface area (Å²) in [4.78, 5) is 19.0. The number of nitrogens with zero attached hydrogens (tertiary/aromatic N) is 2. The number of carbonyl (C=O) groups excluding carboxylic acids is 1. The van der Waals surface area contributed by atoms with Crippen LogP contribution in [0.15, 0.2) is 18.3 Å². The number of aromatic nitrogens is 1. The minimum Gasteiger partial charge on any atom is -0.495 e. The van der Waals surface area contributed by atoms with Crippen molar-refractivity contribution in [3.05, 3.63) is 24.0 Å². The summed E-state index contributed by atoms with van der Waals surface area (Å²) in [5.74, 6) is 0.798. The third-order valence-electron chi connectivity index (χ3n) is 5.83. The van der Waals surface area contributed by atoms with Gasteiger partial charge in [-0.05, 0) is 76.2 Å². The van der Waals surface area contributed by atoms with Crippen LogP contribution in [0.25, 0.3) is 0 Å². The Balaban J connectivity index is 1.44. The molecule has 1 saturated carbocycles. The quantitative estimate of drug-likeness (QED) is 0.920. The Labute approximate surface area is 144 Å². The summed E-state index contributed by atoms with van der Waals surface area (Å²) in [6.45, 7) is 2.44. The van der Waals surface area contributed by atoms with Gasteiger partial charge in [0.1, 0.15) is 5.75 Å². The standard InChI is InChI=1S/C19H29N3O2/c1-22-11-9-19(10-12-22)7-5-15(6-8-19)21-18(23)13-16-3-4-17(24-2)14-20-16/h3-4,14-15H,5-13H2,1-2H3,(H,21,23). The van der Waals surface area contributed by atoms with Gasteiger partial charge in [0.05, 0.1) is 19.7 Å². The van der Waals surface area contributed by atoms with E-state index in [4.69, 9.17) is 4.74 Å². The topological polar surface area (TPSA) is 54.5 Å². The van der Waals surface area contributed by atoms with Gasteiger partial charge in [0.2, 0.25) is 5.91 Å². The normalized spacial score (nSPS) is 21.6. The number of pyridine rings is 1. The zero-order valence-corrected chi connectivity index (χ0v) is 14.9. The van der Waals surface area contributed by atoms with Gasteiger partial charge in [0.25, 0.3) is 0 Å². The van der Waals surface area contributed by atoms with E-state index in [-0.39, 0.29) is 5.91 Å². The first-order valence-corrected chi connectivity index (χ1v) is 9.05. The molecule has 0 bridgehead atoms. The fourth-order valence-corrected chi connectivity index (χ4v) is 4.05. The first-order valence-electron chi connectivity index (χ1n) is 9.05. The van der Waals surface area contributed by atoms with E-state index < -0.39 is 0 Å². The van der Waals surface area contributed by atoms with Crippen LogP contribution >= 0.6 is 0 Å². The van der Waals surface area contributed by atoms with Crippen molar-refractivity contribution < 1.29 is 9.53 Å². The summed E-state index contributed by atoms with van der Waals surface area (Å²) in [5.41, 5.74) is 1.33. The van der Waals surface area contributed by atoms with Crippen LogP contribution in [0.1, 0.15) is 44.2 Å². The largest absolute Gasteiger partial charge is 0.495 e. The molecule has 1 aliphatic carbocycles. The van der Waals surface area contributed by atoms with Crippen LogP contribution in [0.4, 0.5) is 0 Å². The van der Waals surface area contributed by atoms with Crippen molar-refractivity contribution in [2.45, 2.75) is 51.0 Å². The number of likely N-dealkylation sites (tertiary alicyclic amines) is 1. The average molecular weight is 331 g/mol. The number of piperidine rings is 1. The Kier molecular flexibility index (Phi) is 5.39. The van der Waals surface area contributed by atoms with Crippen molar-refractivity contribution in [2.75, 3.05) is 27.2 Å². The molecule has 2 heterocycles. The van der Waals surface area contributed by atoms with Crippen LogP contribution in [-0.2, 0) is 11.2 Å². The van der Waals surface area contributed by atoms with Gasteiger partial charge in [-0.15, -0.1) is 0 Å². The van der Waals surface area contributed by atoms with Crippen molar-refractivity contribution in [3.8, 4) is 5.75 Å². The van der Waals surface area contributed by atoms with Gasteiger partial charge in [0.15, 0.2) is 0 Å². The second kappa shape index (κ2) is 7.51. The second-order valence-electron chi connectivity index (χ2n) is 7.51. The molecule has 24 heavy (non-hydrogen) atoms. The Morgan fingerprint density at radius 1 is 1.29 bits per heavy atom. The lowest BCUT2D eigenvalue weighted by molar-refractivity contribution is -0.121.